The maximum Gasteiger partial charge on any atom is 0.418 e. The fraction of sp³-hybridized carbons (Fsp3) is 0.130. The summed E-state index contributed by atoms with van der Waals surface area (Å²) in [7, 11) is -3.38. The zero-order valence-electron chi connectivity index (χ0n) is 17.6. The highest BCUT2D eigenvalue weighted by Crippen LogP contribution is 2.37. The number of hydrogen-bond acceptors (Lipinski definition) is 4. The molecule has 0 saturated heterocycles. The highest BCUT2D eigenvalue weighted by atomic mass is 32.2. The summed E-state index contributed by atoms with van der Waals surface area (Å²) in [5.74, 6) is -2.51. The first-order valence-corrected chi connectivity index (χ1v) is 11.7. The second-order valence-corrected chi connectivity index (χ2v) is 9.58. The normalized spacial score (nSPS) is 11.7. The lowest BCUT2D eigenvalue weighted by Gasteiger charge is -2.16. The van der Waals surface area contributed by atoms with Crippen LogP contribution in [0.5, 0.6) is 0 Å². The van der Waals surface area contributed by atoms with Gasteiger partial charge >= 0.3 is 6.18 Å². The summed E-state index contributed by atoms with van der Waals surface area (Å²) >= 11 is 0. The minimum absolute atomic E-state index is 0.0250. The third-order valence-electron chi connectivity index (χ3n) is 4.56. The van der Waals surface area contributed by atoms with Crippen molar-refractivity contribution in [3.05, 3.63) is 94.8 Å². The molecular weight excluding hydrogens is 476 g/mol. The minimum Gasteiger partial charge on any atom is -0.322 e. The molecule has 0 fully saturated rings. The molecule has 0 bridgehead atoms. The van der Waals surface area contributed by atoms with Crippen LogP contribution in [0.15, 0.2) is 66.7 Å². The maximum atomic E-state index is 13.7. The third kappa shape index (κ3) is 6.64. The molecule has 0 aliphatic heterocycles. The number of carbonyl (C=O) groups excluding carboxylic acids is 2. The van der Waals surface area contributed by atoms with Crippen molar-refractivity contribution in [3.63, 3.8) is 0 Å². The SMILES string of the molecule is CS(=O)(=O)Cc1cccc(C(=O)Nc2ccc(NC(=O)c3ccc(F)cc3)cc2C(F)(F)F)c1. The fourth-order valence-electron chi connectivity index (χ4n) is 3.07. The topological polar surface area (TPSA) is 92.3 Å². The predicted octanol–water partition coefficient (Wildman–Crippen LogP) is 4.89. The summed E-state index contributed by atoms with van der Waals surface area (Å²) in [5.41, 5.74) is -1.61. The number of rotatable bonds is 6. The van der Waals surface area contributed by atoms with Crippen LogP contribution in [0.2, 0.25) is 0 Å². The number of hydrogen-bond donors (Lipinski definition) is 2. The van der Waals surface area contributed by atoms with Crippen molar-refractivity contribution >= 4 is 33.0 Å². The highest BCUT2D eigenvalue weighted by Gasteiger charge is 2.34. The number of amides is 2. The number of alkyl halides is 3. The van der Waals surface area contributed by atoms with Crippen molar-refractivity contribution in [2.24, 2.45) is 0 Å². The predicted molar refractivity (Wildman–Crippen MR) is 119 cm³/mol. The van der Waals surface area contributed by atoms with E-state index in [1.807, 2.05) is 0 Å². The summed E-state index contributed by atoms with van der Waals surface area (Å²) in [6.07, 6.45) is -3.84. The molecule has 0 aliphatic rings. The Kier molecular flexibility index (Phi) is 7.06. The van der Waals surface area contributed by atoms with Crippen LogP contribution in [0, 0.1) is 5.82 Å². The summed E-state index contributed by atoms with van der Waals surface area (Å²) in [4.78, 5) is 24.8. The summed E-state index contributed by atoms with van der Waals surface area (Å²) < 4.78 is 76.9. The number of carbonyl (C=O) groups is 2. The van der Waals surface area contributed by atoms with Crippen LogP contribution in [-0.2, 0) is 21.8 Å². The molecule has 6 nitrogen and oxygen atoms in total. The van der Waals surface area contributed by atoms with Gasteiger partial charge in [-0.05, 0) is 60.2 Å². The average Bonchev–Trinajstić information content (AvgIpc) is 2.73. The molecule has 0 aromatic heterocycles. The second-order valence-electron chi connectivity index (χ2n) is 7.44. The van der Waals surface area contributed by atoms with Crippen molar-refractivity contribution in [2.45, 2.75) is 11.9 Å². The van der Waals surface area contributed by atoms with Crippen molar-refractivity contribution in [2.75, 3.05) is 16.9 Å². The highest BCUT2D eigenvalue weighted by molar-refractivity contribution is 7.89. The van der Waals surface area contributed by atoms with E-state index in [4.69, 9.17) is 0 Å². The Bertz CT molecular complexity index is 1340. The van der Waals surface area contributed by atoms with Gasteiger partial charge in [0.1, 0.15) is 5.82 Å². The summed E-state index contributed by atoms with van der Waals surface area (Å²) in [5, 5.41) is 4.48. The van der Waals surface area contributed by atoms with Crippen molar-refractivity contribution in [1.82, 2.24) is 0 Å². The molecule has 2 amide bonds. The lowest BCUT2D eigenvalue weighted by Crippen LogP contribution is -2.18. The Morgan fingerprint density at radius 2 is 1.50 bits per heavy atom. The summed E-state index contributed by atoms with van der Waals surface area (Å²) in [6.45, 7) is 0. The van der Waals surface area contributed by atoms with E-state index in [2.05, 4.69) is 10.6 Å². The Morgan fingerprint density at radius 3 is 2.12 bits per heavy atom. The quantitative estimate of drug-likeness (QED) is 0.477. The van der Waals surface area contributed by atoms with Gasteiger partial charge in [-0.1, -0.05) is 12.1 Å². The molecule has 0 saturated carbocycles. The van der Waals surface area contributed by atoms with Crippen LogP contribution in [0.4, 0.5) is 28.9 Å². The van der Waals surface area contributed by atoms with Crippen LogP contribution >= 0.6 is 0 Å². The van der Waals surface area contributed by atoms with E-state index in [1.54, 1.807) is 0 Å². The van der Waals surface area contributed by atoms with E-state index in [0.717, 1.165) is 24.5 Å². The Morgan fingerprint density at radius 1 is 0.853 bits per heavy atom. The lowest BCUT2D eigenvalue weighted by atomic mass is 10.1. The monoisotopic (exact) mass is 494 g/mol. The third-order valence-corrected chi connectivity index (χ3v) is 5.41. The van der Waals surface area contributed by atoms with Gasteiger partial charge in [0.2, 0.25) is 0 Å². The van der Waals surface area contributed by atoms with E-state index >= 15 is 0 Å². The number of halogens is 4. The van der Waals surface area contributed by atoms with Crippen LogP contribution < -0.4 is 10.6 Å². The zero-order valence-corrected chi connectivity index (χ0v) is 18.4. The minimum atomic E-state index is -4.86. The van der Waals surface area contributed by atoms with Gasteiger partial charge in [-0.3, -0.25) is 9.59 Å². The zero-order chi connectivity index (χ0) is 25.1. The Labute approximate surface area is 192 Å². The van der Waals surface area contributed by atoms with Gasteiger partial charge in [-0.15, -0.1) is 0 Å². The lowest BCUT2D eigenvalue weighted by molar-refractivity contribution is -0.136. The number of anilines is 2. The molecule has 0 unspecified atom stereocenters. The first-order valence-electron chi connectivity index (χ1n) is 9.68. The van der Waals surface area contributed by atoms with Crippen LogP contribution in [0.1, 0.15) is 31.8 Å². The van der Waals surface area contributed by atoms with Crippen molar-refractivity contribution in [1.29, 1.82) is 0 Å². The smallest absolute Gasteiger partial charge is 0.322 e. The van der Waals surface area contributed by atoms with Crippen molar-refractivity contribution in [3.8, 4) is 0 Å². The molecule has 3 aromatic carbocycles. The molecule has 3 aromatic rings. The van der Waals surface area contributed by atoms with E-state index < -0.39 is 44.9 Å². The molecule has 178 valence electrons. The standard InChI is InChI=1S/C23H18F4N2O4S/c1-34(32,33)13-14-3-2-4-16(11-14)22(31)29-20-10-9-18(12-19(20)23(25,26)27)28-21(30)15-5-7-17(24)8-6-15/h2-12H,13H2,1H3,(H,28,30)(H,29,31). The molecule has 11 heteroatoms. The maximum absolute atomic E-state index is 13.7. The van der Waals surface area contributed by atoms with E-state index in [9.17, 15) is 35.6 Å². The molecule has 0 atom stereocenters. The molecule has 0 aliphatic carbocycles. The molecule has 3 rings (SSSR count). The van der Waals surface area contributed by atoms with Gasteiger partial charge in [0, 0.05) is 23.1 Å². The van der Waals surface area contributed by atoms with Gasteiger partial charge < -0.3 is 10.6 Å². The van der Waals surface area contributed by atoms with Crippen LogP contribution in [0.3, 0.4) is 0 Å². The van der Waals surface area contributed by atoms with Gasteiger partial charge in [0.15, 0.2) is 9.84 Å². The second kappa shape index (κ2) is 9.64. The number of sulfone groups is 1. The van der Waals surface area contributed by atoms with Gasteiger partial charge in [0.25, 0.3) is 11.8 Å². The Balaban J connectivity index is 1.84. The van der Waals surface area contributed by atoms with Gasteiger partial charge in [0.05, 0.1) is 17.0 Å². The largest absolute Gasteiger partial charge is 0.418 e. The van der Waals surface area contributed by atoms with Crippen LogP contribution in [0.25, 0.3) is 0 Å². The van der Waals surface area contributed by atoms with Crippen LogP contribution in [-0.4, -0.2) is 26.5 Å². The summed E-state index contributed by atoms with van der Waals surface area (Å²) in [6, 6.07) is 12.8. The van der Waals surface area contributed by atoms with Gasteiger partial charge in [-0.25, -0.2) is 12.8 Å². The first kappa shape index (κ1) is 24.9. The molecule has 0 spiro atoms. The molecule has 0 heterocycles. The molecule has 34 heavy (non-hydrogen) atoms. The molecule has 2 N–H and O–H groups in total. The first-order chi connectivity index (χ1) is 15.8. The number of benzene rings is 3. The van der Waals surface area contributed by atoms with Crippen molar-refractivity contribution < 1.29 is 35.6 Å². The fourth-order valence-corrected chi connectivity index (χ4v) is 3.85. The van der Waals surface area contributed by atoms with E-state index in [0.29, 0.717) is 11.6 Å². The average molecular weight is 494 g/mol. The number of nitrogens with one attached hydrogen (secondary N) is 2. The van der Waals surface area contributed by atoms with E-state index in [1.165, 1.54) is 42.5 Å². The van der Waals surface area contributed by atoms with Gasteiger partial charge in [-0.2, -0.15) is 13.2 Å². The molecule has 0 radical (unpaired) electrons. The molecular formula is C23H18F4N2O4S. The van der Waals surface area contributed by atoms with E-state index in [-0.39, 0.29) is 22.6 Å². The Hall–Kier alpha value is -3.73.